The molecule has 0 aliphatic carbocycles. The largest absolute Gasteiger partial charge is 0.411 e. The Hall–Kier alpha value is -0.570. The molecule has 4 aliphatic rings. The van der Waals surface area contributed by atoms with E-state index < -0.39 is 0 Å². The molecule has 66 valence electrons. The van der Waals surface area contributed by atoms with E-state index in [0.717, 1.165) is 11.8 Å². The van der Waals surface area contributed by atoms with Crippen LogP contribution in [0.5, 0.6) is 0 Å². The van der Waals surface area contributed by atoms with E-state index in [1.54, 1.807) is 0 Å². The van der Waals surface area contributed by atoms with Crippen LogP contribution in [0.25, 0.3) is 0 Å². The smallest absolute Gasteiger partial charge is 0.0773 e. The molecule has 12 heavy (non-hydrogen) atoms. The highest BCUT2D eigenvalue weighted by molar-refractivity contribution is 5.93. The molecule has 4 fully saturated rings. The SMILES string of the molecule is ON=C1C2CCN3C(CCC13)C2. The summed E-state index contributed by atoms with van der Waals surface area (Å²) in [4.78, 5) is 2.54. The molecule has 3 heteroatoms. The van der Waals surface area contributed by atoms with Crippen molar-refractivity contribution in [1.82, 2.24) is 4.90 Å². The number of oxime groups is 1. The van der Waals surface area contributed by atoms with Crippen molar-refractivity contribution in [3.8, 4) is 0 Å². The fourth-order valence-corrected chi connectivity index (χ4v) is 3.29. The van der Waals surface area contributed by atoms with Gasteiger partial charge in [0.05, 0.1) is 11.8 Å². The maximum Gasteiger partial charge on any atom is 0.0773 e. The van der Waals surface area contributed by atoms with Crippen LogP contribution in [-0.2, 0) is 0 Å². The maximum atomic E-state index is 8.89. The Labute approximate surface area is 72.0 Å². The van der Waals surface area contributed by atoms with Gasteiger partial charge in [0.1, 0.15) is 0 Å². The van der Waals surface area contributed by atoms with Gasteiger partial charge >= 0.3 is 0 Å². The van der Waals surface area contributed by atoms with Crippen molar-refractivity contribution in [1.29, 1.82) is 0 Å². The normalized spacial score (nSPS) is 53.5. The quantitative estimate of drug-likeness (QED) is 0.431. The Balaban J connectivity index is 2.01. The second-order valence-electron chi connectivity index (χ2n) is 4.23. The molecule has 4 unspecified atom stereocenters. The average Bonchev–Trinajstić information content (AvgIpc) is 2.46. The first-order chi connectivity index (χ1) is 5.90. The summed E-state index contributed by atoms with van der Waals surface area (Å²) in [6.45, 7) is 1.24. The van der Waals surface area contributed by atoms with Gasteiger partial charge in [0, 0.05) is 12.0 Å². The lowest BCUT2D eigenvalue weighted by atomic mass is 9.81. The number of hydrogen-bond acceptors (Lipinski definition) is 3. The fourth-order valence-electron chi connectivity index (χ4n) is 3.29. The van der Waals surface area contributed by atoms with Gasteiger partial charge in [-0.2, -0.15) is 0 Å². The first-order valence-corrected chi connectivity index (χ1v) is 4.87. The molecule has 0 aromatic carbocycles. The Bertz CT molecular complexity index is 239. The second-order valence-corrected chi connectivity index (χ2v) is 4.23. The van der Waals surface area contributed by atoms with Crippen LogP contribution in [0.1, 0.15) is 25.7 Å². The van der Waals surface area contributed by atoms with Gasteiger partial charge in [0.2, 0.25) is 0 Å². The van der Waals surface area contributed by atoms with Crippen LogP contribution in [0, 0.1) is 5.92 Å². The van der Waals surface area contributed by atoms with E-state index in [2.05, 4.69) is 10.1 Å². The molecule has 1 N–H and O–H groups in total. The Morgan fingerprint density at radius 3 is 3.08 bits per heavy atom. The number of hydrogen-bond donors (Lipinski definition) is 1. The summed E-state index contributed by atoms with van der Waals surface area (Å²) in [6.07, 6.45) is 5.00. The molecule has 4 aliphatic heterocycles. The van der Waals surface area contributed by atoms with Crippen molar-refractivity contribution in [3.05, 3.63) is 0 Å². The van der Waals surface area contributed by atoms with Crippen LogP contribution in [0.15, 0.2) is 5.16 Å². The second kappa shape index (κ2) is 2.22. The van der Waals surface area contributed by atoms with Gasteiger partial charge in [0.15, 0.2) is 0 Å². The topological polar surface area (TPSA) is 35.8 Å². The minimum absolute atomic E-state index is 0.507. The van der Waals surface area contributed by atoms with Crippen LogP contribution < -0.4 is 0 Å². The molecule has 3 nitrogen and oxygen atoms in total. The van der Waals surface area contributed by atoms with Gasteiger partial charge in [0.25, 0.3) is 0 Å². The molecular formula is C9H14N2O. The highest BCUT2D eigenvalue weighted by Gasteiger charge is 2.48. The van der Waals surface area contributed by atoms with E-state index in [9.17, 15) is 0 Å². The van der Waals surface area contributed by atoms with Crippen LogP contribution in [0.2, 0.25) is 0 Å². The first kappa shape index (κ1) is 6.89. The van der Waals surface area contributed by atoms with Gasteiger partial charge in [-0.25, -0.2) is 0 Å². The van der Waals surface area contributed by atoms with E-state index in [1.165, 1.54) is 32.2 Å². The van der Waals surface area contributed by atoms with Gasteiger partial charge in [-0.05, 0) is 32.2 Å². The Kier molecular flexibility index (Phi) is 1.28. The van der Waals surface area contributed by atoms with Crippen molar-refractivity contribution >= 4 is 5.71 Å². The summed E-state index contributed by atoms with van der Waals surface area (Å²) >= 11 is 0. The van der Waals surface area contributed by atoms with Gasteiger partial charge in [-0.3, -0.25) is 4.90 Å². The monoisotopic (exact) mass is 166 g/mol. The zero-order valence-electron chi connectivity index (χ0n) is 7.11. The molecule has 4 bridgehead atoms. The lowest BCUT2D eigenvalue weighted by Crippen LogP contribution is -2.55. The van der Waals surface area contributed by atoms with Gasteiger partial charge in [-0.1, -0.05) is 5.16 Å². The molecule has 4 heterocycles. The van der Waals surface area contributed by atoms with E-state index in [4.69, 9.17) is 5.21 Å². The third kappa shape index (κ3) is 0.678. The highest BCUT2D eigenvalue weighted by Crippen LogP contribution is 2.42. The molecule has 4 rings (SSSR count). The standard InChI is InChI=1S/C9H14N2O/c12-10-9-6-3-4-11-7(5-6)1-2-8(9)11/h6-8,12H,1-5H2. The van der Waals surface area contributed by atoms with Crippen LogP contribution in [0.4, 0.5) is 0 Å². The van der Waals surface area contributed by atoms with Crippen LogP contribution >= 0.6 is 0 Å². The molecule has 0 saturated carbocycles. The summed E-state index contributed by atoms with van der Waals surface area (Å²) in [5.41, 5.74) is 1.08. The van der Waals surface area contributed by atoms with E-state index in [1.807, 2.05) is 0 Å². The minimum Gasteiger partial charge on any atom is -0.411 e. The number of piperidine rings is 3. The summed E-state index contributed by atoms with van der Waals surface area (Å²) in [6, 6.07) is 1.33. The number of nitrogens with zero attached hydrogens (tertiary/aromatic N) is 2. The Morgan fingerprint density at radius 1 is 1.33 bits per heavy atom. The summed E-state index contributed by atoms with van der Waals surface area (Å²) in [7, 11) is 0. The first-order valence-electron chi connectivity index (χ1n) is 4.87. The predicted molar refractivity (Wildman–Crippen MR) is 45.5 cm³/mol. The number of fused-ring (bicyclic) bond motifs is 1. The molecular weight excluding hydrogens is 152 g/mol. The lowest BCUT2D eigenvalue weighted by Gasteiger charge is -2.45. The summed E-state index contributed by atoms with van der Waals surface area (Å²) in [5, 5.41) is 12.4. The van der Waals surface area contributed by atoms with E-state index >= 15 is 0 Å². The highest BCUT2D eigenvalue weighted by atomic mass is 16.4. The average molecular weight is 166 g/mol. The molecule has 4 saturated heterocycles. The van der Waals surface area contributed by atoms with Gasteiger partial charge in [-0.15, -0.1) is 0 Å². The van der Waals surface area contributed by atoms with Crippen molar-refractivity contribution in [3.63, 3.8) is 0 Å². The molecule has 0 spiro atoms. The third-order valence-corrected chi connectivity index (χ3v) is 3.81. The van der Waals surface area contributed by atoms with Gasteiger partial charge < -0.3 is 5.21 Å². The number of rotatable bonds is 0. The lowest BCUT2D eigenvalue weighted by molar-refractivity contribution is 0.120. The van der Waals surface area contributed by atoms with Crippen molar-refractivity contribution < 1.29 is 5.21 Å². The molecule has 4 atom stereocenters. The minimum atomic E-state index is 0.507. The molecule has 0 aromatic heterocycles. The third-order valence-electron chi connectivity index (χ3n) is 3.81. The Morgan fingerprint density at radius 2 is 2.25 bits per heavy atom. The van der Waals surface area contributed by atoms with Crippen LogP contribution in [0.3, 0.4) is 0 Å². The zero-order valence-corrected chi connectivity index (χ0v) is 7.11. The van der Waals surface area contributed by atoms with E-state index in [0.29, 0.717) is 12.0 Å². The molecule has 0 aromatic rings. The summed E-state index contributed by atoms with van der Waals surface area (Å²) < 4.78 is 0. The fraction of sp³-hybridized carbons (Fsp3) is 0.889. The molecule has 0 radical (unpaired) electrons. The maximum absolute atomic E-state index is 8.89. The van der Waals surface area contributed by atoms with Crippen LogP contribution in [-0.4, -0.2) is 34.4 Å². The van der Waals surface area contributed by atoms with Crippen molar-refractivity contribution in [2.45, 2.75) is 37.8 Å². The summed E-state index contributed by atoms with van der Waals surface area (Å²) in [5.74, 6) is 0.609. The zero-order chi connectivity index (χ0) is 8.13. The van der Waals surface area contributed by atoms with Crippen molar-refractivity contribution in [2.75, 3.05) is 6.54 Å². The van der Waals surface area contributed by atoms with Crippen molar-refractivity contribution in [2.24, 2.45) is 11.1 Å². The molecule has 0 amide bonds. The predicted octanol–water partition coefficient (Wildman–Crippen LogP) is 1.07. The van der Waals surface area contributed by atoms with E-state index in [-0.39, 0.29) is 0 Å².